The first-order chi connectivity index (χ1) is 15.1. The summed E-state index contributed by atoms with van der Waals surface area (Å²) in [6.07, 6.45) is 5.80. The molecule has 0 radical (unpaired) electrons. The molecule has 2 heterocycles. The van der Waals surface area contributed by atoms with Gasteiger partial charge in [-0.2, -0.15) is 0 Å². The van der Waals surface area contributed by atoms with E-state index >= 15 is 0 Å². The maximum Gasteiger partial charge on any atom is 0.340 e. The molecular formula is C24H30N2O5S. The largest absolute Gasteiger partial charge is 0.462 e. The zero-order valence-electron chi connectivity index (χ0n) is 19.3. The average molecular weight is 459 g/mol. The van der Waals surface area contributed by atoms with E-state index in [0.717, 1.165) is 35.5 Å². The van der Waals surface area contributed by atoms with Gasteiger partial charge in [-0.25, -0.2) is 13.2 Å². The molecule has 1 amide bonds. The van der Waals surface area contributed by atoms with Gasteiger partial charge in [-0.1, -0.05) is 0 Å². The Morgan fingerprint density at radius 1 is 1.16 bits per heavy atom. The van der Waals surface area contributed by atoms with Gasteiger partial charge >= 0.3 is 5.97 Å². The van der Waals surface area contributed by atoms with Crippen molar-refractivity contribution in [3.05, 3.63) is 52.4 Å². The second kappa shape index (κ2) is 9.32. The van der Waals surface area contributed by atoms with Crippen LogP contribution in [0.25, 0.3) is 6.08 Å². The van der Waals surface area contributed by atoms with Crippen molar-refractivity contribution in [1.29, 1.82) is 0 Å². The minimum Gasteiger partial charge on any atom is -0.462 e. The van der Waals surface area contributed by atoms with Gasteiger partial charge in [0, 0.05) is 48.1 Å². The van der Waals surface area contributed by atoms with E-state index in [2.05, 4.69) is 0 Å². The van der Waals surface area contributed by atoms with Crippen molar-refractivity contribution in [3.63, 3.8) is 0 Å². The summed E-state index contributed by atoms with van der Waals surface area (Å²) in [5.74, 6) is -0.613. The van der Waals surface area contributed by atoms with Crippen LogP contribution in [-0.4, -0.2) is 44.3 Å². The van der Waals surface area contributed by atoms with Crippen LogP contribution in [0.4, 0.5) is 5.69 Å². The molecule has 0 aliphatic carbocycles. The zero-order chi connectivity index (χ0) is 23.6. The standard InChI is InChI=1S/C24H30N2O5S/c1-6-25-16(3)20(23(17(25)4)24(28)31-7-2)11-13-22(27)26-14-8-9-18-15-19(32(5,29)30)10-12-21(18)26/h10-13,15H,6-9,14H2,1-5H3/b13-11+. The number of aromatic nitrogens is 1. The van der Waals surface area contributed by atoms with Crippen LogP contribution in [0.2, 0.25) is 0 Å². The lowest BCUT2D eigenvalue weighted by Crippen LogP contribution is -2.34. The number of fused-ring (bicyclic) bond motifs is 1. The molecule has 0 bridgehead atoms. The molecule has 8 heteroatoms. The molecule has 172 valence electrons. The third-order valence-electron chi connectivity index (χ3n) is 5.88. The highest BCUT2D eigenvalue weighted by atomic mass is 32.2. The number of ether oxygens (including phenoxy) is 1. The number of benzene rings is 1. The molecule has 0 saturated carbocycles. The maximum absolute atomic E-state index is 13.1. The third kappa shape index (κ3) is 4.50. The number of rotatable bonds is 6. The minimum atomic E-state index is -3.31. The second-order valence-electron chi connectivity index (χ2n) is 7.91. The first-order valence-corrected chi connectivity index (χ1v) is 12.7. The maximum atomic E-state index is 13.1. The van der Waals surface area contributed by atoms with Crippen LogP contribution in [0.15, 0.2) is 29.2 Å². The Balaban J connectivity index is 1.96. The van der Waals surface area contributed by atoms with Gasteiger partial charge in [0.15, 0.2) is 9.84 Å². The lowest BCUT2D eigenvalue weighted by molar-refractivity contribution is -0.114. The van der Waals surface area contributed by atoms with Crippen molar-refractivity contribution in [3.8, 4) is 0 Å². The number of hydrogen-bond donors (Lipinski definition) is 0. The predicted octanol–water partition coefficient (Wildman–Crippen LogP) is 3.70. The smallest absolute Gasteiger partial charge is 0.340 e. The summed E-state index contributed by atoms with van der Waals surface area (Å²) in [6, 6.07) is 4.89. The fraction of sp³-hybridized carbons (Fsp3) is 0.417. The molecule has 7 nitrogen and oxygen atoms in total. The highest BCUT2D eigenvalue weighted by molar-refractivity contribution is 7.90. The number of sulfone groups is 1. The molecule has 32 heavy (non-hydrogen) atoms. The number of anilines is 1. The van der Waals surface area contributed by atoms with Gasteiger partial charge in [0.1, 0.15) is 0 Å². The number of aryl methyl sites for hydroxylation is 1. The summed E-state index contributed by atoms with van der Waals surface area (Å²) in [7, 11) is -3.31. The number of esters is 1. The van der Waals surface area contributed by atoms with E-state index in [1.165, 1.54) is 18.4 Å². The highest BCUT2D eigenvalue weighted by Gasteiger charge is 2.25. The van der Waals surface area contributed by atoms with E-state index < -0.39 is 15.8 Å². The molecule has 2 aromatic rings. The Kier molecular flexibility index (Phi) is 6.93. The second-order valence-corrected chi connectivity index (χ2v) is 9.93. The Bertz CT molecular complexity index is 1190. The number of amides is 1. The summed E-state index contributed by atoms with van der Waals surface area (Å²) in [6.45, 7) is 9.09. The Morgan fingerprint density at radius 3 is 2.50 bits per heavy atom. The summed E-state index contributed by atoms with van der Waals surface area (Å²) in [5.41, 5.74) is 4.44. The van der Waals surface area contributed by atoms with Crippen LogP contribution < -0.4 is 4.90 Å². The van der Waals surface area contributed by atoms with Crippen molar-refractivity contribution < 1.29 is 22.7 Å². The van der Waals surface area contributed by atoms with E-state index in [4.69, 9.17) is 4.74 Å². The fourth-order valence-corrected chi connectivity index (χ4v) is 5.00. The third-order valence-corrected chi connectivity index (χ3v) is 6.99. The topological polar surface area (TPSA) is 85.7 Å². The van der Waals surface area contributed by atoms with Crippen LogP contribution in [0.3, 0.4) is 0 Å². The monoisotopic (exact) mass is 458 g/mol. The molecule has 0 spiro atoms. The molecule has 0 saturated heterocycles. The number of nitrogens with zero attached hydrogens (tertiary/aromatic N) is 2. The van der Waals surface area contributed by atoms with E-state index in [1.807, 2.05) is 25.3 Å². The summed E-state index contributed by atoms with van der Waals surface area (Å²) < 4.78 is 31.0. The van der Waals surface area contributed by atoms with E-state index in [-0.39, 0.29) is 17.4 Å². The Labute approximate surface area is 189 Å². The molecule has 0 N–H and O–H groups in total. The number of carbonyl (C=O) groups is 2. The number of carbonyl (C=O) groups excluding carboxylic acids is 2. The molecule has 1 aliphatic rings. The molecule has 0 atom stereocenters. The molecule has 3 rings (SSSR count). The van der Waals surface area contributed by atoms with Crippen LogP contribution >= 0.6 is 0 Å². The number of hydrogen-bond acceptors (Lipinski definition) is 5. The summed E-state index contributed by atoms with van der Waals surface area (Å²) in [4.78, 5) is 27.6. The molecule has 0 unspecified atom stereocenters. The van der Waals surface area contributed by atoms with E-state index in [0.29, 0.717) is 24.2 Å². The van der Waals surface area contributed by atoms with Crippen LogP contribution in [0, 0.1) is 13.8 Å². The fourth-order valence-electron chi connectivity index (χ4n) is 4.32. The van der Waals surface area contributed by atoms with Gasteiger partial charge in [0.05, 0.1) is 17.1 Å². The van der Waals surface area contributed by atoms with Crippen molar-refractivity contribution >= 4 is 33.5 Å². The first-order valence-electron chi connectivity index (χ1n) is 10.8. The quantitative estimate of drug-likeness (QED) is 0.487. The molecule has 1 aromatic heterocycles. The van der Waals surface area contributed by atoms with Crippen molar-refractivity contribution in [1.82, 2.24) is 4.57 Å². The lowest BCUT2D eigenvalue weighted by Gasteiger charge is -2.29. The van der Waals surface area contributed by atoms with Gasteiger partial charge in [-0.15, -0.1) is 0 Å². The Morgan fingerprint density at radius 2 is 1.88 bits per heavy atom. The van der Waals surface area contributed by atoms with Crippen LogP contribution in [0.1, 0.15) is 53.1 Å². The molecule has 0 fully saturated rings. The van der Waals surface area contributed by atoms with E-state index in [1.54, 1.807) is 30.0 Å². The van der Waals surface area contributed by atoms with Crippen LogP contribution in [-0.2, 0) is 32.3 Å². The molecular weight excluding hydrogens is 428 g/mol. The molecule has 1 aliphatic heterocycles. The zero-order valence-corrected chi connectivity index (χ0v) is 20.1. The van der Waals surface area contributed by atoms with Crippen molar-refractivity contribution in [2.24, 2.45) is 0 Å². The first kappa shape index (κ1) is 23.8. The molecule has 1 aromatic carbocycles. The summed E-state index contributed by atoms with van der Waals surface area (Å²) in [5, 5.41) is 0. The van der Waals surface area contributed by atoms with Crippen molar-refractivity contribution in [2.75, 3.05) is 24.3 Å². The van der Waals surface area contributed by atoms with Crippen LogP contribution in [0.5, 0.6) is 0 Å². The van der Waals surface area contributed by atoms with Gasteiger partial charge < -0.3 is 14.2 Å². The summed E-state index contributed by atoms with van der Waals surface area (Å²) >= 11 is 0. The van der Waals surface area contributed by atoms with Gasteiger partial charge in [-0.05, 0) is 70.4 Å². The predicted molar refractivity (Wildman–Crippen MR) is 125 cm³/mol. The SMILES string of the molecule is CCOC(=O)c1c(/C=C/C(=O)N2CCCc3cc(S(C)(=O)=O)ccc32)c(C)n(CC)c1C. The Hall–Kier alpha value is -2.87. The van der Waals surface area contributed by atoms with Gasteiger partial charge in [-0.3, -0.25) is 4.79 Å². The minimum absolute atomic E-state index is 0.214. The lowest BCUT2D eigenvalue weighted by atomic mass is 10.0. The van der Waals surface area contributed by atoms with Crippen molar-refractivity contribution in [2.45, 2.75) is 52.0 Å². The highest BCUT2D eigenvalue weighted by Crippen LogP contribution is 2.30. The average Bonchev–Trinajstić information content (AvgIpc) is 2.99. The van der Waals surface area contributed by atoms with Gasteiger partial charge in [0.25, 0.3) is 5.91 Å². The normalized spacial score (nSPS) is 14.0. The van der Waals surface area contributed by atoms with Gasteiger partial charge in [0.2, 0.25) is 0 Å². The van der Waals surface area contributed by atoms with E-state index in [9.17, 15) is 18.0 Å².